The first-order chi connectivity index (χ1) is 9.06. The van der Waals surface area contributed by atoms with Crippen molar-refractivity contribution in [1.29, 1.82) is 0 Å². The summed E-state index contributed by atoms with van der Waals surface area (Å²) in [6.07, 6.45) is 4.34. The fraction of sp³-hybridized carbons (Fsp3) is 0.357. The van der Waals surface area contributed by atoms with Gasteiger partial charge in [-0.2, -0.15) is 5.10 Å². The third-order valence-corrected chi connectivity index (χ3v) is 3.96. The average Bonchev–Trinajstić information content (AvgIpc) is 3.15. The number of nitrogen functional groups attached to an aromatic ring is 1. The Labute approximate surface area is 116 Å². The summed E-state index contributed by atoms with van der Waals surface area (Å²) in [5.41, 5.74) is 8.00. The van der Waals surface area contributed by atoms with Crippen molar-refractivity contribution >= 4 is 17.3 Å². The Kier molecular flexibility index (Phi) is 2.97. The molecule has 0 amide bonds. The third-order valence-electron chi connectivity index (χ3n) is 3.67. The predicted octanol–water partition coefficient (Wildman–Crippen LogP) is 3.90. The van der Waals surface area contributed by atoms with Gasteiger partial charge in [-0.1, -0.05) is 11.6 Å². The lowest BCUT2D eigenvalue weighted by Gasteiger charge is -2.09. The number of rotatable bonds is 3. The molecule has 1 aliphatic rings. The fourth-order valence-corrected chi connectivity index (χ4v) is 2.46. The highest BCUT2D eigenvalue weighted by molar-refractivity contribution is 6.31. The molecule has 5 heteroatoms. The lowest BCUT2D eigenvalue weighted by atomic mass is 10.1. The number of hydrogen-bond acceptors (Lipinski definition) is 2. The van der Waals surface area contributed by atoms with Crippen LogP contribution in [0.1, 0.15) is 25.8 Å². The van der Waals surface area contributed by atoms with Crippen LogP contribution in [0.15, 0.2) is 24.4 Å². The van der Waals surface area contributed by atoms with Crippen molar-refractivity contribution in [3.63, 3.8) is 0 Å². The normalized spacial score (nSPS) is 16.6. The van der Waals surface area contributed by atoms with E-state index >= 15 is 0 Å². The minimum Gasteiger partial charge on any atom is -0.396 e. The molecule has 3 nitrogen and oxygen atoms in total. The summed E-state index contributed by atoms with van der Waals surface area (Å²) in [4.78, 5) is 0. The largest absolute Gasteiger partial charge is 0.396 e. The van der Waals surface area contributed by atoms with E-state index in [0.29, 0.717) is 23.3 Å². The van der Waals surface area contributed by atoms with Crippen molar-refractivity contribution in [3.8, 4) is 11.3 Å². The van der Waals surface area contributed by atoms with Gasteiger partial charge in [-0.15, -0.1) is 0 Å². The predicted molar refractivity (Wildman–Crippen MR) is 74.5 cm³/mol. The van der Waals surface area contributed by atoms with E-state index in [1.54, 1.807) is 12.1 Å². The van der Waals surface area contributed by atoms with Gasteiger partial charge in [-0.3, -0.25) is 4.68 Å². The molecule has 1 unspecified atom stereocenters. The lowest BCUT2D eigenvalue weighted by molar-refractivity contribution is 0.441. The monoisotopic (exact) mass is 279 g/mol. The van der Waals surface area contributed by atoms with E-state index in [0.717, 1.165) is 5.56 Å². The van der Waals surface area contributed by atoms with Crippen molar-refractivity contribution < 1.29 is 4.39 Å². The highest BCUT2D eigenvalue weighted by Crippen LogP contribution is 2.40. The fourth-order valence-electron chi connectivity index (χ4n) is 2.28. The molecule has 1 heterocycles. The highest BCUT2D eigenvalue weighted by Gasteiger charge is 2.30. The second kappa shape index (κ2) is 4.53. The number of aromatic nitrogens is 2. The summed E-state index contributed by atoms with van der Waals surface area (Å²) in [7, 11) is 0. The van der Waals surface area contributed by atoms with Crippen LogP contribution in [0.3, 0.4) is 0 Å². The Morgan fingerprint density at radius 1 is 1.47 bits per heavy atom. The van der Waals surface area contributed by atoms with Crippen LogP contribution in [0.4, 0.5) is 10.1 Å². The second-order valence-electron chi connectivity index (χ2n) is 5.12. The van der Waals surface area contributed by atoms with Gasteiger partial charge in [0.1, 0.15) is 11.5 Å². The van der Waals surface area contributed by atoms with Crippen LogP contribution in [-0.2, 0) is 0 Å². The van der Waals surface area contributed by atoms with E-state index in [1.165, 1.54) is 18.9 Å². The molecule has 100 valence electrons. The molecule has 1 fully saturated rings. The number of halogens is 2. The van der Waals surface area contributed by atoms with Crippen LogP contribution in [0.25, 0.3) is 11.3 Å². The maximum atomic E-state index is 13.2. The quantitative estimate of drug-likeness (QED) is 0.926. The van der Waals surface area contributed by atoms with E-state index < -0.39 is 5.82 Å². The zero-order valence-electron chi connectivity index (χ0n) is 10.6. The van der Waals surface area contributed by atoms with Gasteiger partial charge in [0.05, 0.1) is 16.8 Å². The topological polar surface area (TPSA) is 43.8 Å². The summed E-state index contributed by atoms with van der Waals surface area (Å²) >= 11 is 5.80. The minimum atomic E-state index is -0.435. The first-order valence-corrected chi connectivity index (χ1v) is 6.74. The van der Waals surface area contributed by atoms with Gasteiger partial charge < -0.3 is 5.73 Å². The van der Waals surface area contributed by atoms with Crippen LogP contribution in [0.2, 0.25) is 5.02 Å². The number of anilines is 1. The van der Waals surface area contributed by atoms with Crippen molar-refractivity contribution in [1.82, 2.24) is 9.78 Å². The Bertz CT molecular complexity index is 619. The SMILES string of the molecule is CC(C1CC1)n1cc(N)c(-c2ccc(F)c(Cl)c2)n1. The molecule has 0 spiro atoms. The lowest BCUT2D eigenvalue weighted by Crippen LogP contribution is -2.07. The Morgan fingerprint density at radius 2 is 2.21 bits per heavy atom. The van der Waals surface area contributed by atoms with Crippen molar-refractivity contribution in [2.45, 2.75) is 25.8 Å². The number of nitrogens with two attached hydrogens (primary N) is 1. The van der Waals surface area contributed by atoms with Crippen molar-refractivity contribution in [2.75, 3.05) is 5.73 Å². The van der Waals surface area contributed by atoms with Gasteiger partial charge in [0, 0.05) is 11.8 Å². The van der Waals surface area contributed by atoms with Gasteiger partial charge >= 0.3 is 0 Å². The Hall–Kier alpha value is -1.55. The molecule has 3 rings (SSSR count). The summed E-state index contributed by atoms with van der Waals surface area (Å²) < 4.78 is 15.1. The molecule has 1 aromatic carbocycles. The molecular weight excluding hydrogens is 265 g/mol. The molecule has 0 aliphatic heterocycles. The van der Waals surface area contributed by atoms with Gasteiger partial charge in [0.15, 0.2) is 0 Å². The molecule has 1 saturated carbocycles. The van der Waals surface area contributed by atoms with Gasteiger partial charge in [0.25, 0.3) is 0 Å². The minimum absolute atomic E-state index is 0.0849. The number of benzene rings is 1. The molecular formula is C14H15ClFN3. The third kappa shape index (κ3) is 2.32. The standard InChI is InChI=1S/C14H15ClFN3/c1-8(9-2-3-9)19-7-13(17)14(18-19)10-4-5-12(16)11(15)6-10/h4-9H,2-3,17H2,1H3. The van der Waals surface area contributed by atoms with Crippen LogP contribution in [-0.4, -0.2) is 9.78 Å². The molecule has 1 aromatic heterocycles. The molecule has 0 saturated heterocycles. The van der Waals surface area contributed by atoms with E-state index in [-0.39, 0.29) is 5.02 Å². The first kappa shape index (κ1) is 12.5. The highest BCUT2D eigenvalue weighted by atomic mass is 35.5. The second-order valence-corrected chi connectivity index (χ2v) is 5.53. The van der Waals surface area contributed by atoms with Gasteiger partial charge in [-0.25, -0.2) is 4.39 Å². The van der Waals surface area contributed by atoms with Crippen LogP contribution in [0.5, 0.6) is 0 Å². The maximum Gasteiger partial charge on any atom is 0.141 e. The zero-order valence-corrected chi connectivity index (χ0v) is 11.4. The van der Waals surface area contributed by atoms with Gasteiger partial charge in [-0.05, 0) is 43.9 Å². The van der Waals surface area contributed by atoms with Crippen molar-refractivity contribution in [2.24, 2.45) is 5.92 Å². The summed E-state index contributed by atoms with van der Waals surface area (Å²) in [6, 6.07) is 4.89. The van der Waals surface area contributed by atoms with E-state index in [1.807, 2.05) is 10.9 Å². The average molecular weight is 280 g/mol. The van der Waals surface area contributed by atoms with Crippen molar-refractivity contribution in [3.05, 3.63) is 35.2 Å². The van der Waals surface area contributed by atoms with Crippen LogP contribution >= 0.6 is 11.6 Å². The molecule has 19 heavy (non-hydrogen) atoms. The van der Waals surface area contributed by atoms with Crippen LogP contribution in [0, 0.1) is 11.7 Å². The zero-order chi connectivity index (χ0) is 13.6. The summed E-state index contributed by atoms with van der Waals surface area (Å²) in [5.74, 6) is 0.263. The molecule has 2 aromatic rings. The summed E-state index contributed by atoms with van der Waals surface area (Å²) in [5, 5.41) is 4.61. The molecule has 1 atom stereocenters. The Balaban J connectivity index is 1.97. The van der Waals surface area contributed by atoms with Crippen LogP contribution < -0.4 is 5.73 Å². The smallest absolute Gasteiger partial charge is 0.141 e. The summed E-state index contributed by atoms with van der Waals surface area (Å²) in [6.45, 7) is 2.14. The molecule has 0 bridgehead atoms. The molecule has 1 aliphatic carbocycles. The van der Waals surface area contributed by atoms with Gasteiger partial charge in [0.2, 0.25) is 0 Å². The maximum absolute atomic E-state index is 13.2. The first-order valence-electron chi connectivity index (χ1n) is 6.36. The van der Waals surface area contributed by atoms with E-state index in [2.05, 4.69) is 12.0 Å². The van der Waals surface area contributed by atoms with E-state index in [4.69, 9.17) is 17.3 Å². The Morgan fingerprint density at radius 3 is 2.84 bits per heavy atom. The number of nitrogens with zero attached hydrogens (tertiary/aromatic N) is 2. The molecule has 2 N–H and O–H groups in total. The number of hydrogen-bond donors (Lipinski definition) is 1. The van der Waals surface area contributed by atoms with E-state index in [9.17, 15) is 4.39 Å². The molecule has 0 radical (unpaired) electrons.